The third-order valence-electron chi connectivity index (χ3n) is 3.05. The standard InChI is InChI=1S/C15H19NOS/c1-3-4-12-16(2)18(17)15-11-7-9-13-8-5-6-10-14(13)15/h5-11H,3-4,12H2,1-2H3. The first-order chi connectivity index (χ1) is 8.74. The summed E-state index contributed by atoms with van der Waals surface area (Å²) in [6.45, 7) is 3.01. The van der Waals surface area contributed by atoms with Gasteiger partial charge in [0.15, 0.2) is 0 Å². The highest BCUT2D eigenvalue weighted by Crippen LogP contribution is 2.22. The first-order valence-electron chi connectivity index (χ1n) is 6.35. The quantitative estimate of drug-likeness (QED) is 0.805. The number of rotatable bonds is 5. The van der Waals surface area contributed by atoms with Crippen LogP contribution in [0.2, 0.25) is 0 Å². The van der Waals surface area contributed by atoms with Crippen molar-refractivity contribution in [3.8, 4) is 0 Å². The molecule has 0 amide bonds. The Morgan fingerprint density at radius 1 is 1.11 bits per heavy atom. The van der Waals surface area contributed by atoms with Crippen LogP contribution in [0.5, 0.6) is 0 Å². The van der Waals surface area contributed by atoms with Gasteiger partial charge in [0, 0.05) is 13.6 Å². The molecule has 1 atom stereocenters. The molecule has 0 aliphatic rings. The van der Waals surface area contributed by atoms with Crippen LogP contribution in [0.4, 0.5) is 0 Å². The van der Waals surface area contributed by atoms with E-state index >= 15 is 0 Å². The van der Waals surface area contributed by atoms with Gasteiger partial charge in [-0.2, -0.15) is 0 Å². The monoisotopic (exact) mass is 261 g/mol. The van der Waals surface area contributed by atoms with Gasteiger partial charge < -0.3 is 0 Å². The van der Waals surface area contributed by atoms with Crippen LogP contribution in [0.25, 0.3) is 10.8 Å². The minimum absolute atomic E-state index is 0.867. The third-order valence-corrected chi connectivity index (χ3v) is 4.53. The Morgan fingerprint density at radius 2 is 1.83 bits per heavy atom. The van der Waals surface area contributed by atoms with Crippen molar-refractivity contribution in [2.75, 3.05) is 13.6 Å². The Labute approximate surface area is 111 Å². The highest BCUT2D eigenvalue weighted by Gasteiger charge is 2.12. The lowest BCUT2D eigenvalue weighted by atomic mass is 10.1. The van der Waals surface area contributed by atoms with E-state index in [1.807, 2.05) is 41.7 Å². The van der Waals surface area contributed by atoms with E-state index in [0.717, 1.165) is 35.1 Å². The molecule has 0 spiro atoms. The van der Waals surface area contributed by atoms with Crippen LogP contribution in [-0.2, 0) is 11.0 Å². The molecule has 0 aliphatic heterocycles. The zero-order chi connectivity index (χ0) is 13.0. The first-order valence-corrected chi connectivity index (χ1v) is 7.45. The maximum absolute atomic E-state index is 12.5. The summed E-state index contributed by atoms with van der Waals surface area (Å²) in [6, 6.07) is 14.1. The minimum Gasteiger partial charge on any atom is -0.237 e. The number of fused-ring (bicyclic) bond motifs is 1. The van der Waals surface area contributed by atoms with E-state index in [4.69, 9.17) is 0 Å². The molecule has 0 aliphatic carbocycles. The second-order valence-electron chi connectivity index (χ2n) is 4.43. The average Bonchev–Trinajstić information content (AvgIpc) is 2.43. The fourth-order valence-corrected chi connectivity index (χ4v) is 3.18. The Hall–Kier alpha value is -1.19. The molecule has 0 saturated carbocycles. The SMILES string of the molecule is CCCCN(C)S(=O)c1cccc2ccccc12. The van der Waals surface area contributed by atoms with Crippen LogP contribution in [0.15, 0.2) is 47.4 Å². The molecule has 2 aromatic rings. The molecular formula is C15H19NOS. The lowest BCUT2D eigenvalue weighted by molar-refractivity contribution is 0.504. The van der Waals surface area contributed by atoms with Crippen molar-refractivity contribution in [1.29, 1.82) is 0 Å². The van der Waals surface area contributed by atoms with Crippen molar-refractivity contribution in [3.63, 3.8) is 0 Å². The summed E-state index contributed by atoms with van der Waals surface area (Å²) in [5, 5.41) is 2.23. The second-order valence-corrected chi connectivity index (χ2v) is 5.99. The van der Waals surface area contributed by atoms with Gasteiger partial charge in [-0.15, -0.1) is 0 Å². The number of hydrogen-bond acceptors (Lipinski definition) is 1. The van der Waals surface area contributed by atoms with Crippen LogP contribution < -0.4 is 0 Å². The highest BCUT2D eigenvalue weighted by atomic mass is 32.2. The van der Waals surface area contributed by atoms with Crippen LogP contribution in [-0.4, -0.2) is 22.1 Å². The van der Waals surface area contributed by atoms with E-state index in [1.54, 1.807) is 0 Å². The summed E-state index contributed by atoms with van der Waals surface area (Å²) >= 11 is 0. The van der Waals surface area contributed by atoms with Crippen LogP contribution >= 0.6 is 0 Å². The first kappa shape index (κ1) is 13.2. The fourth-order valence-electron chi connectivity index (χ4n) is 1.98. The van der Waals surface area contributed by atoms with E-state index in [-0.39, 0.29) is 0 Å². The van der Waals surface area contributed by atoms with Gasteiger partial charge in [0.25, 0.3) is 0 Å². The molecule has 0 N–H and O–H groups in total. The van der Waals surface area contributed by atoms with E-state index < -0.39 is 11.0 Å². The molecule has 96 valence electrons. The molecule has 2 aromatic carbocycles. The molecule has 0 bridgehead atoms. The third kappa shape index (κ3) is 2.79. The lowest BCUT2D eigenvalue weighted by Gasteiger charge is -2.16. The summed E-state index contributed by atoms with van der Waals surface area (Å²) < 4.78 is 14.4. The van der Waals surface area contributed by atoms with Crippen molar-refractivity contribution >= 4 is 21.8 Å². The van der Waals surface area contributed by atoms with Crippen LogP contribution in [0.1, 0.15) is 19.8 Å². The predicted molar refractivity (Wildman–Crippen MR) is 77.9 cm³/mol. The number of hydrogen-bond donors (Lipinski definition) is 0. The predicted octanol–water partition coefficient (Wildman–Crippen LogP) is 3.59. The average molecular weight is 261 g/mol. The summed E-state index contributed by atoms with van der Waals surface area (Å²) in [6.07, 6.45) is 2.20. The number of unbranched alkanes of at least 4 members (excludes halogenated alkanes) is 1. The molecule has 1 unspecified atom stereocenters. The van der Waals surface area contributed by atoms with Gasteiger partial charge in [-0.25, -0.2) is 8.51 Å². The summed E-state index contributed by atoms with van der Waals surface area (Å²) in [5.74, 6) is 0. The number of benzene rings is 2. The van der Waals surface area contributed by atoms with Gasteiger partial charge in [0.1, 0.15) is 11.0 Å². The van der Waals surface area contributed by atoms with Crippen LogP contribution in [0.3, 0.4) is 0 Å². The van der Waals surface area contributed by atoms with Crippen molar-refractivity contribution in [3.05, 3.63) is 42.5 Å². The maximum atomic E-state index is 12.5. The summed E-state index contributed by atoms with van der Waals surface area (Å²) in [7, 11) is 0.853. The van der Waals surface area contributed by atoms with E-state index in [1.165, 1.54) is 0 Å². The van der Waals surface area contributed by atoms with Gasteiger partial charge in [0.2, 0.25) is 0 Å². The summed E-state index contributed by atoms with van der Waals surface area (Å²) in [4.78, 5) is 0.909. The van der Waals surface area contributed by atoms with Crippen LogP contribution in [0, 0.1) is 0 Å². The minimum atomic E-state index is -1.07. The molecular weight excluding hydrogens is 242 g/mol. The Bertz CT molecular complexity index is 548. The number of nitrogens with zero attached hydrogens (tertiary/aromatic N) is 1. The maximum Gasteiger partial charge on any atom is 0.127 e. The van der Waals surface area contributed by atoms with E-state index in [2.05, 4.69) is 19.1 Å². The van der Waals surface area contributed by atoms with Crippen molar-refractivity contribution in [2.24, 2.45) is 0 Å². The van der Waals surface area contributed by atoms with Crippen molar-refractivity contribution in [2.45, 2.75) is 24.7 Å². The molecule has 3 heteroatoms. The molecule has 0 radical (unpaired) electrons. The Balaban J connectivity index is 2.33. The van der Waals surface area contributed by atoms with Gasteiger partial charge in [-0.3, -0.25) is 0 Å². The molecule has 18 heavy (non-hydrogen) atoms. The van der Waals surface area contributed by atoms with Gasteiger partial charge in [-0.05, 0) is 23.3 Å². The molecule has 0 aromatic heterocycles. The van der Waals surface area contributed by atoms with Gasteiger partial charge in [-0.1, -0.05) is 49.7 Å². The normalized spacial score (nSPS) is 13.1. The Kier molecular flexibility index (Phi) is 4.50. The lowest BCUT2D eigenvalue weighted by Crippen LogP contribution is -2.22. The molecule has 0 fully saturated rings. The van der Waals surface area contributed by atoms with Gasteiger partial charge >= 0.3 is 0 Å². The topological polar surface area (TPSA) is 20.3 Å². The van der Waals surface area contributed by atoms with E-state index in [9.17, 15) is 4.21 Å². The molecule has 0 saturated heterocycles. The van der Waals surface area contributed by atoms with Crippen molar-refractivity contribution in [1.82, 2.24) is 4.31 Å². The van der Waals surface area contributed by atoms with Gasteiger partial charge in [0.05, 0.1) is 4.90 Å². The zero-order valence-corrected chi connectivity index (χ0v) is 11.7. The molecule has 0 heterocycles. The molecule has 2 rings (SSSR count). The highest BCUT2D eigenvalue weighted by molar-refractivity contribution is 7.82. The summed E-state index contributed by atoms with van der Waals surface area (Å²) in [5.41, 5.74) is 0. The largest absolute Gasteiger partial charge is 0.237 e. The molecule has 2 nitrogen and oxygen atoms in total. The van der Waals surface area contributed by atoms with E-state index in [0.29, 0.717) is 0 Å². The fraction of sp³-hybridized carbons (Fsp3) is 0.333. The zero-order valence-electron chi connectivity index (χ0n) is 10.9. The second kappa shape index (κ2) is 6.12. The smallest absolute Gasteiger partial charge is 0.127 e. The Morgan fingerprint density at radius 3 is 2.61 bits per heavy atom. The van der Waals surface area contributed by atoms with Crippen molar-refractivity contribution < 1.29 is 4.21 Å².